The second-order valence-corrected chi connectivity index (χ2v) is 5.94. The quantitative estimate of drug-likeness (QED) is 0.888. The van der Waals surface area contributed by atoms with Crippen LogP contribution < -0.4 is 5.73 Å². The Morgan fingerprint density at radius 2 is 2.00 bits per heavy atom. The van der Waals surface area contributed by atoms with Gasteiger partial charge in [0, 0.05) is 10.6 Å². The highest BCUT2D eigenvalue weighted by molar-refractivity contribution is 6.33. The van der Waals surface area contributed by atoms with Crippen LogP contribution in [0.5, 0.6) is 0 Å². The third-order valence-corrected chi connectivity index (χ3v) is 4.53. The van der Waals surface area contributed by atoms with Gasteiger partial charge in [-0.25, -0.2) is 0 Å². The Balaban J connectivity index is 1.84. The number of halogens is 1. The van der Waals surface area contributed by atoms with Gasteiger partial charge in [-0.05, 0) is 24.8 Å². The summed E-state index contributed by atoms with van der Waals surface area (Å²) < 4.78 is 5.19. The molecule has 4 heteroatoms. The van der Waals surface area contributed by atoms with Gasteiger partial charge in [0.15, 0.2) is 0 Å². The first-order valence-corrected chi connectivity index (χ1v) is 7.62. The van der Waals surface area contributed by atoms with E-state index in [0.717, 1.165) is 35.6 Å². The molecule has 1 fully saturated rings. The zero-order chi connectivity index (χ0) is 13.9. The predicted octanol–water partition coefficient (Wildman–Crippen LogP) is 4.70. The maximum atomic E-state index is 6.26. The van der Waals surface area contributed by atoms with Crippen LogP contribution in [0, 0.1) is 5.92 Å². The molecule has 3 rings (SSSR count). The predicted molar refractivity (Wildman–Crippen MR) is 81.6 cm³/mol. The van der Waals surface area contributed by atoms with Crippen molar-refractivity contribution < 1.29 is 4.52 Å². The van der Waals surface area contributed by atoms with Crippen molar-refractivity contribution in [2.24, 2.45) is 5.92 Å². The van der Waals surface area contributed by atoms with Crippen molar-refractivity contribution in [3.8, 4) is 11.1 Å². The third-order valence-electron chi connectivity index (χ3n) is 4.20. The number of nitrogen functional groups attached to an aromatic ring is 1. The number of anilines is 1. The highest BCUT2D eigenvalue weighted by atomic mass is 35.5. The van der Waals surface area contributed by atoms with Gasteiger partial charge in [0.1, 0.15) is 0 Å². The van der Waals surface area contributed by atoms with E-state index in [9.17, 15) is 0 Å². The normalized spacial score (nSPS) is 15.8. The number of hydrogen-bond acceptors (Lipinski definition) is 3. The van der Waals surface area contributed by atoms with E-state index >= 15 is 0 Å². The van der Waals surface area contributed by atoms with E-state index < -0.39 is 0 Å². The van der Waals surface area contributed by atoms with E-state index in [4.69, 9.17) is 21.9 Å². The van der Waals surface area contributed by atoms with Gasteiger partial charge in [-0.2, -0.15) is 0 Å². The minimum atomic E-state index is 0.361. The van der Waals surface area contributed by atoms with E-state index in [2.05, 4.69) is 5.16 Å². The van der Waals surface area contributed by atoms with Crippen molar-refractivity contribution in [2.75, 3.05) is 5.73 Å². The van der Waals surface area contributed by atoms with Crippen LogP contribution in [0.1, 0.15) is 37.8 Å². The highest BCUT2D eigenvalue weighted by Crippen LogP contribution is 2.36. The Bertz CT molecular complexity index is 588. The highest BCUT2D eigenvalue weighted by Gasteiger charge is 2.20. The fraction of sp³-hybridized carbons (Fsp3) is 0.438. The first-order valence-electron chi connectivity index (χ1n) is 7.24. The molecule has 0 amide bonds. The summed E-state index contributed by atoms with van der Waals surface area (Å²) >= 11 is 6.26. The molecule has 1 aromatic heterocycles. The first-order chi connectivity index (χ1) is 9.75. The standard InChI is InChI=1S/C16H19ClN2O/c17-13-8-4-3-7-12(13)15-14(19-20-16(15)18)10-9-11-5-1-2-6-11/h3-4,7-8,11H,1-2,5-6,9-10,18H2. The van der Waals surface area contributed by atoms with Gasteiger partial charge in [0.2, 0.25) is 5.88 Å². The summed E-state index contributed by atoms with van der Waals surface area (Å²) in [5, 5.41) is 4.82. The second-order valence-electron chi connectivity index (χ2n) is 5.54. The lowest BCUT2D eigenvalue weighted by molar-refractivity contribution is 0.419. The summed E-state index contributed by atoms with van der Waals surface area (Å²) in [4.78, 5) is 0. The summed E-state index contributed by atoms with van der Waals surface area (Å²) in [5.74, 6) is 1.19. The summed E-state index contributed by atoms with van der Waals surface area (Å²) in [6.07, 6.45) is 7.48. The summed E-state index contributed by atoms with van der Waals surface area (Å²) in [6.45, 7) is 0. The fourth-order valence-electron chi connectivity index (χ4n) is 3.10. The molecule has 0 radical (unpaired) electrons. The van der Waals surface area contributed by atoms with Gasteiger partial charge in [0.05, 0.1) is 11.3 Å². The number of aromatic nitrogens is 1. The van der Waals surface area contributed by atoms with Gasteiger partial charge in [-0.15, -0.1) is 0 Å². The molecule has 0 aliphatic heterocycles. The van der Waals surface area contributed by atoms with E-state index in [1.165, 1.54) is 25.7 Å². The summed E-state index contributed by atoms with van der Waals surface area (Å²) in [6, 6.07) is 7.69. The molecule has 2 N–H and O–H groups in total. The van der Waals surface area contributed by atoms with Gasteiger partial charge in [0.25, 0.3) is 0 Å². The maximum Gasteiger partial charge on any atom is 0.230 e. The molecule has 1 aromatic carbocycles. The Labute approximate surface area is 124 Å². The second kappa shape index (κ2) is 5.88. The van der Waals surface area contributed by atoms with Crippen molar-refractivity contribution >= 4 is 17.5 Å². The zero-order valence-electron chi connectivity index (χ0n) is 11.4. The Morgan fingerprint density at radius 3 is 2.75 bits per heavy atom. The van der Waals surface area contributed by atoms with Gasteiger partial charge in [-0.1, -0.05) is 60.6 Å². The lowest BCUT2D eigenvalue weighted by atomic mass is 9.97. The van der Waals surface area contributed by atoms with Gasteiger partial charge in [-0.3, -0.25) is 0 Å². The Kier molecular flexibility index (Phi) is 3.97. The van der Waals surface area contributed by atoms with E-state index in [0.29, 0.717) is 10.9 Å². The van der Waals surface area contributed by atoms with Crippen molar-refractivity contribution in [3.63, 3.8) is 0 Å². The third kappa shape index (κ3) is 2.68. The van der Waals surface area contributed by atoms with Crippen LogP contribution in [0.4, 0.5) is 5.88 Å². The van der Waals surface area contributed by atoms with Crippen molar-refractivity contribution in [1.82, 2.24) is 5.16 Å². The van der Waals surface area contributed by atoms with Gasteiger partial charge < -0.3 is 10.3 Å². The number of hydrogen-bond donors (Lipinski definition) is 1. The molecule has 0 bridgehead atoms. The molecule has 0 unspecified atom stereocenters. The van der Waals surface area contributed by atoms with E-state index in [1.807, 2.05) is 24.3 Å². The van der Waals surface area contributed by atoms with Crippen LogP contribution in [-0.4, -0.2) is 5.16 Å². The minimum absolute atomic E-state index is 0.361. The van der Waals surface area contributed by atoms with E-state index in [1.54, 1.807) is 0 Å². The maximum absolute atomic E-state index is 6.26. The van der Waals surface area contributed by atoms with Crippen LogP contribution in [-0.2, 0) is 6.42 Å². The van der Waals surface area contributed by atoms with Crippen molar-refractivity contribution in [2.45, 2.75) is 38.5 Å². The molecule has 3 nitrogen and oxygen atoms in total. The topological polar surface area (TPSA) is 52.0 Å². The van der Waals surface area contributed by atoms with Crippen molar-refractivity contribution in [1.29, 1.82) is 0 Å². The molecule has 0 atom stereocenters. The number of aryl methyl sites for hydroxylation is 1. The first kappa shape index (κ1) is 13.5. The van der Waals surface area contributed by atoms with Crippen LogP contribution in [0.3, 0.4) is 0 Å². The number of rotatable bonds is 4. The SMILES string of the molecule is Nc1onc(CCC2CCCC2)c1-c1ccccc1Cl. The average Bonchev–Trinajstić information content (AvgIpc) is 3.07. The molecular formula is C16H19ClN2O. The fourth-order valence-corrected chi connectivity index (χ4v) is 3.33. The molecule has 106 valence electrons. The molecular weight excluding hydrogens is 272 g/mol. The number of nitrogens with zero attached hydrogens (tertiary/aromatic N) is 1. The molecule has 0 spiro atoms. The number of benzene rings is 1. The Morgan fingerprint density at radius 1 is 1.25 bits per heavy atom. The zero-order valence-corrected chi connectivity index (χ0v) is 12.2. The molecule has 1 aliphatic rings. The largest absolute Gasteiger partial charge is 0.367 e. The summed E-state index contributed by atoms with van der Waals surface area (Å²) in [7, 11) is 0. The van der Waals surface area contributed by atoms with Crippen LogP contribution in [0.2, 0.25) is 5.02 Å². The number of nitrogens with two attached hydrogens (primary N) is 1. The molecule has 1 heterocycles. The average molecular weight is 291 g/mol. The lowest BCUT2D eigenvalue weighted by Crippen LogP contribution is -1.98. The van der Waals surface area contributed by atoms with E-state index in [-0.39, 0.29) is 0 Å². The van der Waals surface area contributed by atoms with Crippen LogP contribution in [0.25, 0.3) is 11.1 Å². The smallest absolute Gasteiger partial charge is 0.230 e. The molecule has 20 heavy (non-hydrogen) atoms. The molecule has 1 aliphatic carbocycles. The monoisotopic (exact) mass is 290 g/mol. The molecule has 1 saturated carbocycles. The van der Waals surface area contributed by atoms with Crippen LogP contribution >= 0.6 is 11.6 Å². The van der Waals surface area contributed by atoms with Crippen molar-refractivity contribution in [3.05, 3.63) is 35.0 Å². The minimum Gasteiger partial charge on any atom is -0.367 e. The molecule has 0 saturated heterocycles. The van der Waals surface area contributed by atoms with Gasteiger partial charge >= 0.3 is 0 Å². The lowest BCUT2D eigenvalue weighted by Gasteiger charge is -2.08. The molecule has 2 aromatic rings. The Hall–Kier alpha value is -1.48. The van der Waals surface area contributed by atoms with Crippen LogP contribution in [0.15, 0.2) is 28.8 Å². The summed E-state index contributed by atoms with van der Waals surface area (Å²) in [5.41, 5.74) is 8.65.